The van der Waals surface area contributed by atoms with Gasteiger partial charge < -0.3 is 14.6 Å². The lowest BCUT2D eigenvalue weighted by molar-refractivity contribution is 0.0698. The maximum atomic E-state index is 11.1. The largest absolute Gasteiger partial charge is 0.497 e. The van der Waals surface area contributed by atoms with Gasteiger partial charge in [-0.2, -0.15) is 11.3 Å². The van der Waals surface area contributed by atoms with Gasteiger partial charge in [0.1, 0.15) is 11.5 Å². The van der Waals surface area contributed by atoms with Crippen LogP contribution in [0.4, 0.5) is 0 Å². The van der Waals surface area contributed by atoms with E-state index in [9.17, 15) is 4.79 Å². The van der Waals surface area contributed by atoms with E-state index in [1.807, 2.05) is 0 Å². The number of carboxylic acid groups (broad SMARTS) is 1. The quantitative estimate of drug-likeness (QED) is 0.921. The van der Waals surface area contributed by atoms with Crippen molar-refractivity contribution < 1.29 is 19.4 Å². The Balaban J connectivity index is 2.56. The molecule has 94 valence electrons. The van der Waals surface area contributed by atoms with Crippen LogP contribution >= 0.6 is 11.3 Å². The summed E-state index contributed by atoms with van der Waals surface area (Å²) in [5.74, 6) is 0.321. The molecule has 1 N–H and O–H groups in total. The van der Waals surface area contributed by atoms with Crippen molar-refractivity contribution in [2.24, 2.45) is 0 Å². The lowest BCUT2D eigenvalue weighted by atomic mass is 10.0. The number of aromatic carboxylic acids is 1. The minimum Gasteiger partial charge on any atom is -0.497 e. The van der Waals surface area contributed by atoms with Crippen molar-refractivity contribution in [3.63, 3.8) is 0 Å². The molecule has 0 aliphatic heterocycles. The molecular weight excluding hydrogens is 252 g/mol. The van der Waals surface area contributed by atoms with Gasteiger partial charge in [-0.1, -0.05) is 0 Å². The van der Waals surface area contributed by atoms with Crippen LogP contribution in [0.5, 0.6) is 11.5 Å². The molecule has 0 aliphatic carbocycles. The summed E-state index contributed by atoms with van der Waals surface area (Å²) in [5, 5.41) is 12.5. The van der Waals surface area contributed by atoms with Gasteiger partial charge in [0.2, 0.25) is 0 Å². The molecule has 0 radical (unpaired) electrons. The second kappa shape index (κ2) is 5.10. The van der Waals surface area contributed by atoms with Crippen LogP contribution in [0, 0.1) is 0 Å². The smallest absolute Gasteiger partial charge is 0.337 e. The molecule has 0 atom stereocenters. The zero-order chi connectivity index (χ0) is 13.1. The van der Waals surface area contributed by atoms with Crippen LogP contribution in [0.25, 0.3) is 11.1 Å². The van der Waals surface area contributed by atoms with Crippen molar-refractivity contribution in [1.82, 2.24) is 0 Å². The monoisotopic (exact) mass is 264 g/mol. The van der Waals surface area contributed by atoms with Crippen molar-refractivity contribution in [2.45, 2.75) is 0 Å². The molecule has 0 saturated heterocycles. The molecule has 1 aromatic carbocycles. The Morgan fingerprint density at radius 1 is 1.17 bits per heavy atom. The molecule has 0 amide bonds. The summed E-state index contributed by atoms with van der Waals surface area (Å²) in [7, 11) is 3.12. The molecule has 0 unspecified atom stereocenters. The average molecular weight is 264 g/mol. The Morgan fingerprint density at radius 2 is 1.94 bits per heavy atom. The first kappa shape index (κ1) is 12.4. The van der Waals surface area contributed by atoms with E-state index in [-0.39, 0.29) is 5.56 Å². The van der Waals surface area contributed by atoms with Crippen LogP contribution in [0.3, 0.4) is 0 Å². The number of ether oxygens (including phenoxy) is 2. The molecule has 0 aliphatic rings. The van der Waals surface area contributed by atoms with E-state index in [1.54, 1.807) is 43.2 Å². The molecular formula is C13H12O4S. The molecule has 1 heterocycles. The molecule has 0 spiro atoms. The van der Waals surface area contributed by atoms with Crippen molar-refractivity contribution >= 4 is 17.3 Å². The predicted octanol–water partition coefficient (Wildman–Crippen LogP) is 3.13. The first-order chi connectivity index (χ1) is 8.67. The van der Waals surface area contributed by atoms with E-state index in [1.165, 1.54) is 11.3 Å². The van der Waals surface area contributed by atoms with Crippen molar-refractivity contribution in [1.29, 1.82) is 0 Å². The summed E-state index contributed by atoms with van der Waals surface area (Å²) in [6.07, 6.45) is 0. The Hall–Kier alpha value is -2.01. The van der Waals surface area contributed by atoms with Crippen LogP contribution in [-0.2, 0) is 0 Å². The van der Waals surface area contributed by atoms with Gasteiger partial charge in [-0.05, 0) is 17.5 Å². The van der Waals surface area contributed by atoms with Crippen LogP contribution in [0.2, 0.25) is 0 Å². The first-order valence-electron chi connectivity index (χ1n) is 5.19. The van der Waals surface area contributed by atoms with Crippen LogP contribution < -0.4 is 9.47 Å². The van der Waals surface area contributed by atoms with Gasteiger partial charge >= 0.3 is 5.97 Å². The highest BCUT2D eigenvalue weighted by atomic mass is 32.1. The number of benzene rings is 1. The number of methoxy groups -OCH3 is 2. The van der Waals surface area contributed by atoms with Crippen molar-refractivity contribution in [3.05, 3.63) is 34.5 Å². The predicted molar refractivity (Wildman–Crippen MR) is 69.8 cm³/mol. The van der Waals surface area contributed by atoms with E-state index in [2.05, 4.69) is 0 Å². The highest BCUT2D eigenvalue weighted by Crippen LogP contribution is 2.36. The first-order valence-corrected chi connectivity index (χ1v) is 6.13. The number of carbonyl (C=O) groups is 1. The fourth-order valence-electron chi connectivity index (χ4n) is 1.69. The topological polar surface area (TPSA) is 55.8 Å². The number of thiophene rings is 1. The Labute approximate surface area is 108 Å². The number of carboxylic acids is 1. The minimum atomic E-state index is -0.941. The fourth-order valence-corrected chi connectivity index (χ4v) is 2.51. The molecule has 18 heavy (non-hydrogen) atoms. The third-order valence-corrected chi connectivity index (χ3v) is 3.33. The summed E-state index contributed by atoms with van der Waals surface area (Å²) >= 11 is 1.35. The third-order valence-electron chi connectivity index (χ3n) is 2.59. The Bertz CT molecular complexity index is 574. The lowest BCUT2D eigenvalue weighted by Gasteiger charge is -2.10. The van der Waals surface area contributed by atoms with Gasteiger partial charge in [0.05, 0.1) is 19.8 Å². The molecule has 0 bridgehead atoms. The summed E-state index contributed by atoms with van der Waals surface area (Å²) in [5.41, 5.74) is 1.69. The van der Waals surface area contributed by atoms with E-state index in [0.29, 0.717) is 17.1 Å². The number of hydrogen-bond donors (Lipinski definition) is 1. The molecule has 0 saturated carbocycles. The van der Waals surface area contributed by atoms with Crippen molar-refractivity contribution in [3.8, 4) is 22.6 Å². The van der Waals surface area contributed by atoms with E-state index in [4.69, 9.17) is 14.6 Å². The SMILES string of the molecule is COc1ccc(-c2cscc2C(=O)O)c(OC)c1. The highest BCUT2D eigenvalue weighted by Gasteiger charge is 2.16. The van der Waals surface area contributed by atoms with E-state index in [0.717, 1.165) is 5.56 Å². The molecule has 5 heteroatoms. The second-order valence-electron chi connectivity index (χ2n) is 3.57. The normalized spacial score (nSPS) is 10.1. The molecule has 2 rings (SSSR count). The number of hydrogen-bond acceptors (Lipinski definition) is 4. The van der Waals surface area contributed by atoms with Crippen LogP contribution in [-0.4, -0.2) is 25.3 Å². The Morgan fingerprint density at radius 3 is 2.56 bits per heavy atom. The summed E-state index contributed by atoms with van der Waals surface area (Å²) in [6, 6.07) is 5.31. The average Bonchev–Trinajstić information content (AvgIpc) is 2.87. The zero-order valence-electron chi connectivity index (χ0n) is 9.97. The summed E-state index contributed by atoms with van der Waals surface area (Å²) in [6.45, 7) is 0. The second-order valence-corrected chi connectivity index (χ2v) is 4.31. The van der Waals surface area contributed by atoms with Crippen LogP contribution in [0.15, 0.2) is 29.0 Å². The fraction of sp³-hybridized carbons (Fsp3) is 0.154. The molecule has 2 aromatic rings. The lowest BCUT2D eigenvalue weighted by Crippen LogP contribution is -1.97. The van der Waals surface area contributed by atoms with Crippen molar-refractivity contribution in [2.75, 3.05) is 14.2 Å². The van der Waals surface area contributed by atoms with Gasteiger partial charge in [0.15, 0.2) is 0 Å². The maximum Gasteiger partial charge on any atom is 0.337 e. The van der Waals surface area contributed by atoms with E-state index >= 15 is 0 Å². The third kappa shape index (κ3) is 2.17. The van der Waals surface area contributed by atoms with Gasteiger partial charge in [-0.3, -0.25) is 0 Å². The molecule has 0 fully saturated rings. The zero-order valence-corrected chi connectivity index (χ0v) is 10.8. The standard InChI is InChI=1S/C13H12O4S/c1-16-8-3-4-9(12(5-8)17-2)10-6-18-7-11(10)13(14)15/h3-7H,1-2H3,(H,14,15). The molecule has 1 aromatic heterocycles. The van der Waals surface area contributed by atoms with Gasteiger partial charge in [0.25, 0.3) is 0 Å². The number of rotatable bonds is 4. The van der Waals surface area contributed by atoms with E-state index < -0.39 is 5.97 Å². The maximum absolute atomic E-state index is 11.1. The van der Waals surface area contributed by atoms with Gasteiger partial charge in [-0.15, -0.1) is 0 Å². The summed E-state index contributed by atoms with van der Waals surface area (Å²) in [4.78, 5) is 11.1. The minimum absolute atomic E-state index is 0.281. The molecule has 4 nitrogen and oxygen atoms in total. The van der Waals surface area contributed by atoms with Gasteiger partial charge in [-0.25, -0.2) is 4.79 Å². The summed E-state index contributed by atoms with van der Waals surface area (Å²) < 4.78 is 10.4. The van der Waals surface area contributed by atoms with Crippen LogP contribution in [0.1, 0.15) is 10.4 Å². The van der Waals surface area contributed by atoms with Gasteiger partial charge in [0, 0.05) is 22.6 Å². The Kier molecular flexibility index (Phi) is 3.53. The highest BCUT2D eigenvalue weighted by molar-refractivity contribution is 7.08.